The molecule has 2 aromatic heterocycles. The molecule has 2 rings (SSSR count). The Morgan fingerprint density at radius 2 is 2.17 bits per heavy atom. The Balaban J connectivity index is 1.96. The number of nitrogen functional groups attached to an aromatic ring is 1. The minimum atomic E-state index is 0.468. The molecule has 1 unspecified atom stereocenters. The van der Waals surface area contributed by atoms with Gasteiger partial charge in [0.1, 0.15) is 5.82 Å². The van der Waals surface area contributed by atoms with Crippen molar-refractivity contribution < 1.29 is 0 Å². The second-order valence-corrected chi connectivity index (χ2v) is 4.63. The number of nitrogens with two attached hydrogens (primary N) is 1. The molecule has 0 spiro atoms. The molecule has 0 fully saturated rings. The van der Waals surface area contributed by atoms with Crippen molar-refractivity contribution in [1.82, 2.24) is 14.8 Å². The predicted molar refractivity (Wildman–Crippen MR) is 73.3 cm³/mol. The van der Waals surface area contributed by atoms with Gasteiger partial charge in [0, 0.05) is 18.4 Å². The number of aryl methyl sites for hydroxylation is 2. The van der Waals surface area contributed by atoms with Crippen LogP contribution in [0.4, 0.5) is 5.82 Å². The highest BCUT2D eigenvalue weighted by Gasteiger charge is 2.05. The van der Waals surface area contributed by atoms with E-state index in [1.54, 1.807) is 6.20 Å². The molecule has 0 bridgehead atoms. The first-order valence-electron chi connectivity index (χ1n) is 6.43. The Kier molecular flexibility index (Phi) is 3.97. The number of nitrogens with zero attached hydrogens (tertiary/aromatic N) is 3. The lowest BCUT2D eigenvalue weighted by Crippen LogP contribution is -2.05. The highest BCUT2D eigenvalue weighted by molar-refractivity contribution is 5.32. The molecule has 0 aromatic carbocycles. The van der Waals surface area contributed by atoms with Gasteiger partial charge in [0.05, 0.1) is 5.69 Å². The number of hydrogen-bond donors (Lipinski definition) is 1. The van der Waals surface area contributed by atoms with Crippen molar-refractivity contribution in [3.8, 4) is 0 Å². The summed E-state index contributed by atoms with van der Waals surface area (Å²) in [6.07, 6.45) is 6.80. The fourth-order valence-corrected chi connectivity index (χ4v) is 1.87. The van der Waals surface area contributed by atoms with Crippen LogP contribution < -0.4 is 5.73 Å². The molecule has 0 aliphatic rings. The second kappa shape index (κ2) is 5.67. The summed E-state index contributed by atoms with van der Waals surface area (Å²) in [5, 5.41) is 4.59. The first kappa shape index (κ1) is 12.6. The zero-order valence-electron chi connectivity index (χ0n) is 11.0. The maximum Gasteiger partial charge on any atom is 0.123 e. The molecule has 96 valence electrons. The minimum Gasteiger partial charge on any atom is -0.384 e. The lowest BCUT2D eigenvalue weighted by atomic mass is 10.1. The summed E-state index contributed by atoms with van der Waals surface area (Å²) in [7, 11) is 0. The Morgan fingerprint density at radius 1 is 1.33 bits per heavy atom. The van der Waals surface area contributed by atoms with Gasteiger partial charge in [-0.1, -0.05) is 6.92 Å². The van der Waals surface area contributed by atoms with E-state index in [1.165, 1.54) is 5.56 Å². The van der Waals surface area contributed by atoms with Crippen LogP contribution in [0.5, 0.6) is 0 Å². The smallest absolute Gasteiger partial charge is 0.123 e. The van der Waals surface area contributed by atoms with Crippen LogP contribution in [0, 0.1) is 0 Å². The molecule has 0 aliphatic carbocycles. The lowest BCUT2D eigenvalue weighted by molar-refractivity contribution is 0.473. The largest absolute Gasteiger partial charge is 0.384 e. The van der Waals surface area contributed by atoms with Gasteiger partial charge in [-0.25, -0.2) is 4.98 Å². The minimum absolute atomic E-state index is 0.468. The van der Waals surface area contributed by atoms with E-state index in [0.717, 1.165) is 25.0 Å². The van der Waals surface area contributed by atoms with E-state index in [9.17, 15) is 0 Å². The van der Waals surface area contributed by atoms with Gasteiger partial charge in [0.2, 0.25) is 0 Å². The van der Waals surface area contributed by atoms with Gasteiger partial charge in [0.25, 0.3) is 0 Å². The van der Waals surface area contributed by atoms with Gasteiger partial charge in [-0.05, 0) is 49.9 Å². The molecule has 2 aromatic rings. The zero-order valence-corrected chi connectivity index (χ0v) is 11.0. The third kappa shape index (κ3) is 3.09. The van der Waals surface area contributed by atoms with E-state index in [-0.39, 0.29) is 0 Å². The molecule has 0 saturated carbocycles. The third-order valence-corrected chi connectivity index (χ3v) is 3.22. The van der Waals surface area contributed by atoms with Gasteiger partial charge in [0.15, 0.2) is 0 Å². The first-order chi connectivity index (χ1) is 8.69. The molecular weight excluding hydrogens is 224 g/mol. The second-order valence-electron chi connectivity index (χ2n) is 4.63. The quantitative estimate of drug-likeness (QED) is 0.879. The summed E-state index contributed by atoms with van der Waals surface area (Å²) in [6.45, 7) is 4.35. The van der Waals surface area contributed by atoms with Crippen molar-refractivity contribution in [3.63, 3.8) is 0 Å². The number of pyridine rings is 1. The molecule has 0 aliphatic heterocycles. The summed E-state index contributed by atoms with van der Waals surface area (Å²) in [5.41, 5.74) is 8.00. The van der Waals surface area contributed by atoms with Crippen molar-refractivity contribution in [3.05, 3.63) is 41.9 Å². The monoisotopic (exact) mass is 244 g/mol. The molecule has 1 atom stereocenters. The highest BCUT2D eigenvalue weighted by Crippen LogP contribution is 2.11. The predicted octanol–water partition coefficient (Wildman–Crippen LogP) is 2.62. The van der Waals surface area contributed by atoms with E-state index in [1.807, 2.05) is 16.8 Å². The molecule has 2 N–H and O–H groups in total. The normalized spacial score (nSPS) is 12.6. The molecule has 4 nitrogen and oxygen atoms in total. The number of aromatic nitrogens is 3. The van der Waals surface area contributed by atoms with Crippen LogP contribution in [0.3, 0.4) is 0 Å². The van der Waals surface area contributed by atoms with Gasteiger partial charge in [-0.3, -0.25) is 4.68 Å². The van der Waals surface area contributed by atoms with Crippen molar-refractivity contribution in [2.24, 2.45) is 0 Å². The number of hydrogen-bond acceptors (Lipinski definition) is 3. The van der Waals surface area contributed by atoms with Crippen LogP contribution in [0.25, 0.3) is 0 Å². The summed E-state index contributed by atoms with van der Waals surface area (Å²) < 4.78 is 2.04. The van der Waals surface area contributed by atoms with Crippen molar-refractivity contribution in [2.45, 2.75) is 39.2 Å². The Morgan fingerprint density at radius 3 is 2.89 bits per heavy atom. The summed E-state index contributed by atoms with van der Waals surface area (Å²) in [4.78, 5) is 3.99. The van der Waals surface area contributed by atoms with Crippen LogP contribution >= 0.6 is 0 Å². The van der Waals surface area contributed by atoms with Crippen LogP contribution in [-0.4, -0.2) is 14.8 Å². The van der Waals surface area contributed by atoms with Crippen molar-refractivity contribution in [1.29, 1.82) is 0 Å². The fraction of sp³-hybridized carbons (Fsp3) is 0.429. The summed E-state index contributed by atoms with van der Waals surface area (Å²) in [6, 6.07) is 6.49. The topological polar surface area (TPSA) is 56.7 Å². The Bertz CT molecular complexity index is 504. The van der Waals surface area contributed by atoms with E-state index >= 15 is 0 Å². The van der Waals surface area contributed by atoms with E-state index < -0.39 is 0 Å². The number of anilines is 1. The van der Waals surface area contributed by atoms with Gasteiger partial charge in [-0.2, -0.15) is 5.10 Å². The van der Waals surface area contributed by atoms with E-state index in [4.69, 9.17) is 5.73 Å². The molecule has 0 saturated heterocycles. The summed E-state index contributed by atoms with van der Waals surface area (Å²) >= 11 is 0. The van der Waals surface area contributed by atoms with Gasteiger partial charge in [-0.15, -0.1) is 0 Å². The molecular formula is C14H20N4. The zero-order chi connectivity index (χ0) is 13.0. The third-order valence-electron chi connectivity index (χ3n) is 3.22. The first-order valence-corrected chi connectivity index (χ1v) is 6.43. The molecule has 0 amide bonds. The maximum absolute atomic E-state index is 5.66. The number of rotatable bonds is 5. The maximum atomic E-state index is 5.66. The van der Waals surface area contributed by atoms with E-state index in [2.05, 4.69) is 36.2 Å². The van der Waals surface area contributed by atoms with Crippen molar-refractivity contribution >= 4 is 5.82 Å². The SMILES string of the molecule is CCC(C)n1ccc(CCc2ccnc(N)c2)n1. The van der Waals surface area contributed by atoms with Gasteiger partial charge < -0.3 is 5.73 Å². The standard InChI is InChI=1S/C14H20N4/c1-3-11(2)18-9-7-13(17-18)5-4-12-6-8-16-14(15)10-12/h6-11H,3-5H2,1-2H3,(H2,15,16). The molecule has 4 heteroatoms. The van der Waals surface area contributed by atoms with Crippen LogP contribution in [-0.2, 0) is 12.8 Å². The van der Waals surface area contributed by atoms with E-state index in [0.29, 0.717) is 11.9 Å². The molecule has 18 heavy (non-hydrogen) atoms. The van der Waals surface area contributed by atoms with Crippen LogP contribution in [0.2, 0.25) is 0 Å². The van der Waals surface area contributed by atoms with Gasteiger partial charge >= 0.3 is 0 Å². The van der Waals surface area contributed by atoms with Crippen LogP contribution in [0.1, 0.15) is 37.6 Å². The molecule has 0 radical (unpaired) electrons. The summed E-state index contributed by atoms with van der Waals surface area (Å²) in [5.74, 6) is 0.581. The van der Waals surface area contributed by atoms with Crippen LogP contribution in [0.15, 0.2) is 30.6 Å². The Hall–Kier alpha value is -1.84. The molecule has 2 heterocycles. The Labute approximate surface area is 108 Å². The fourth-order valence-electron chi connectivity index (χ4n) is 1.87. The van der Waals surface area contributed by atoms with Crippen molar-refractivity contribution in [2.75, 3.05) is 5.73 Å². The lowest BCUT2D eigenvalue weighted by Gasteiger charge is -2.08. The highest BCUT2D eigenvalue weighted by atomic mass is 15.3. The average molecular weight is 244 g/mol. The average Bonchev–Trinajstić information content (AvgIpc) is 2.84.